The highest BCUT2D eigenvalue weighted by atomic mass is 35.5. The number of fused-ring (bicyclic) bond motifs is 1. The van der Waals surface area contributed by atoms with Gasteiger partial charge < -0.3 is 15.6 Å². The Kier molecular flexibility index (Phi) is 4.90. The molecular formula is C18H19ClN6O. The molecule has 8 heteroatoms. The molecule has 0 fully saturated rings. The van der Waals surface area contributed by atoms with Crippen molar-refractivity contribution in [3.63, 3.8) is 0 Å². The number of hydrogen-bond acceptors (Lipinski definition) is 5. The van der Waals surface area contributed by atoms with E-state index in [1.807, 2.05) is 13.8 Å². The van der Waals surface area contributed by atoms with Gasteiger partial charge in [-0.25, -0.2) is 9.97 Å². The number of H-pyrrole nitrogens is 1. The molecule has 2 aromatic heterocycles. The van der Waals surface area contributed by atoms with Crippen molar-refractivity contribution in [2.24, 2.45) is 0 Å². The lowest BCUT2D eigenvalue weighted by Gasteiger charge is -2.11. The number of halogens is 1. The minimum absolute atomic E-state index is 0.00847. The predicted octanol–water partition coefficient (Wildman–Crippen LogP) is 3.21. The van der Waals surface area contributed by atoms with Gasteiger partial charge in [-0.1, -0.05) is 11.6 Å². The summed E-state index contributed by atoms with van der Waals surface area (Å²) in [6, 6.07) is 5.23. The van der Waals surface area contributed by atoms with Gasteiger partial charge in [-0.3, -0.25) is 10.2 Å². The normalized spacial score (nSPS) is 11.0. The summed E-state index contributed by atoms with van der Waals surface area (Å²) in [7, 11) is 1.76. The van der Waals surface area contributed by atoms with E-state index in [4.69, 9.17) is 17.0 Å². The van der Waals surface area contributed by atoms with E-state index in [9.17, 15) is 4.79 Å². The van der Waals surface area contributed by atoms with Crippen LogP contribution in [0, 0.1) is 5.41 Å². The molecule has 0 atom stereocenters. The molecule has 0 bridgehead atoms. The first-order valence-corrected chi connectivity index (χ1v) is 8.50. The van der Waals surface area contributed by atoms with E-state index >= 15 is 0 Å². The van der Waals surface area contributed by atoms with Crippen LogP contribution in [-0.2, 0) is 0 Å². The van der Waals surface area contributed by atoms with E-state index in [2.05, 4.69) is 25.6 Å². The first kappa shape index (κ1) is 17.9. The van der Waals surface area contributed by atoms with Gasteiger partial charge >= 0.3 is 0 Å². The van der Waals surface area contributed by atoms with Crippen molar-refractivity contribution in [1.29, 1.82) is 5.41 Å². The lowest BCUT2D eigenvalue weighted by Crippen LogP contribution is -2.30. The lowest BCUT2D eigenvalue weighted by atomic mass is 10.1. The first-order chi connectivity index (χ1) is 12.4. The first-order valence-electron chi connectivity index (χ1n) is 8.12. The van der Waals surface area contributed by atoms with Crippen LogP contribution in [0.5, 0.6) is 0 Å². The number of benzene rings is 1. The summed E-state index contributed by atoms with van der Waals surface area (Å²) in [6.45, 7) is 3.78. The summed E-state index contributed by atoms with van der Waals surface area (Å²) >= 11 is 6.02. The van der Waals surface area contributed by atoms with E-state index in [1.54, 1.807) is 31.4 Å². The standard InChI is InChI=1S/C18H19ClN6O/c1-9(2)24-18(26)12-7-22-17-16(12)25-14(8-23-17)15(20)11-5-4-10(19)6-13(11)21-3/h4-9,20-21H,1-3H3,(H,22,23)(H,24,26). The summed E-state index contributed by atoms with van der Waals surface area (Å²) in [5, 5.41) is 14.9. The number of aromatic nitrogens is 3. The number of aromatic amines is 1. The number of rotatable bonds is 5. The summed E-state index contributed by atoms with van der Waals surface area (Å²) < 4.78 is 0. The smallest absolute Gasteiger partial charge is 0.255 e. The monoisotopic (exact) mass is 370 g/mol. The van der Waals surface area contributed by atoms with Crippen LogP contribution >= 0.6 is 11.6 Å². The number of carbonyl (C=O) groups is 1. The summed E-state index contributed by atoms with van der Waals surface area (Å²) in [5.74, 6) is -0.230. The third kappa shape index (κ3) is 3.39. The SMILES string of the molecule is CNc1cc(Cl)ccc1C(=N)c1cnc2[nH]cc(C(=O)NC(C)C)c2n1. The Balaban J connectivity index is 2.03. The quantitative estimate of drug-likeness (QED) is 0.517. The molecule has 0 saturated heterocycles. The predicted molar refractivity (Wildman–Crippen MR) is 103 cm³/mol. The van der Waals surface area contributed by atoms with Gasteiger partial charge in [-0.05, 0) is 32.0 Å². The van der Waals surface area contributed by atoms with Gasteiger partial charge in [0.1, 0.15) is 11.2 Å². The molecule has 0 unspecified atom stereocenters. The van der Waals surface area contributed by atoms with Crippen LogP contribution < -0.4 is 10.6 Å². The molecule has 0 aliphatic heterocycles. The minimum atomic E-state index is -0.230. The zero-order chi connectivity index (χ0) is 18.8. The molecular weight excluding hydrogens is 352 g/mol. The second kappa shape index (κ2) is 7.13. The zero-order valence-electron chi connectivity index (χ0n) is 14.6. The molecule has 26 heavy (non-hydrogen) atoms. The minimum Gasteiger partial charge on any atom is -0.388 e. The van der Waals surface area contributed by atoms with Crippen molar-refractivity contribution in [1.82, 2.24) is 20.3 Å². The number of amides is 1. The molecule has 0 spiro atoms. The van der Waals surface area contributed by atoms with Gasteiger partial charge in [0.15, 0.2) is 5.65 Å². The Morgan fingerprint density at radius 1 is 1.31 bits per heavy atom. The number of anilines is 1. The van der Waals surface area contributed by atoms with E-state index in [-0.39, 0.29) is 17.7 Å². The van der Waals surface area contributed by atoms with Crippen LogP contribution in [0.25, 0.3) is 11.2 Å². The zero-order valence-corrected chi connectivity index (χ0v) is 15.4. The lowest BCUT2D eigenvalue weighted by molar-refractivity contribution is 0.0944. The van der Waals surface area contributed by atoms with Gasteiger partial charge in [0.2, 0.25) is 0 Å². The number of nitrogens with one attached hydrogen (secondary N) is 4. The molecule has 0 saturated carbocycles. The topological polar surface area (TPSA) is 107 Å². The van der Waals surface area contributed by atoms with E-state index < -0.39 is 0 Å². The van der Waals surface area contributed by atoms with Crippen molar-refractivity contribution < 1.29 is 4.79 Å². The molecule has 1 aromatic carbocycles. The third-order valence-corrected chi connectivity index (χ3v) is 4.06. The van der Waals surface area contributed by atoms with Crippen LogP contribution in [0.2, 0.25) is 5.02 Å². The number of hydrogen-bond donors (Lipinski definition) is 4. The Hall–Kier alpha value is -2.93. The number of nitrogens with zero attached hydrogens (tertiary/aromatic N) is 2. The molecule has 0 aliphatic rings. The Morgan fingerprint density at radius 2 is 2.08 bits per heavy atom. The molecule has 0 aliphatic carbocycles. The molecule has 7 nitrogen and oxygen atoms in total. The fourth-order valence-corrected chi connectivity index (χ4v) is 2.78. The van der Waals surface area contributed by atoms with Crippen molar-refractivity contribution in [3.8, 4) is 0 Å². The fourth-order valence-electron chi connectivity index (χ4n) is 2.60. The Bertz CT molecular complexity index is 995. The Morgan fingerprint density at radius 3 is 2.77 bits per heavy atom. The van der Waals surface area contributed by atoms with Crippen molar-refractivity contribution in [2.45, 2.75) is 19.9 Å². The summed E-state index contributed by atoms with van der Waals surface area (Å²) in [4.78, 5) is 24.1. The summed E-state index contributed by atoms with van der Waals surface area (Å²) in [6.07, 6.45) is 3.09. The van der Waals surface area contributed by atoms with Gasteiger partial charge in [-0.2, -0.15) is 0 Å². The van der Waals surface area contributed by atoms with Crippen molar-refractivity contribution in [2.75, 3.05) is 12.4 Å². The maximum Gasteiger partial charge on any atom is 0.255 e. The van der Waals surface area contributed by atoms with Crippen LogP contribution in [0.3, 0.4) is 0 Å². The highest BCUT2D eigenvalue weighted by Gasteiger charge is 2.18. The average molecular weight is 371 g/mol. The maximum absolute atomic E-state index is 12.3. The van der Waals surface area contributed by atoms with Crippen LogP contribution in [-0.4, -0.2) is 39.7 Å². The van der Waals surface area contributed by atoms with Crippen LogP contribution in [0.15, 0.2) is 30.6 Å². The molecule has 3 rings (SSSR count). The highest BCUT2D eigenvalue weighted by molar-refractivity contribution is 6.31. The third-order valence-electron chi connectivity index (χ3n) is 3.82. The molecule has 1 amide bonds. The Labute approximate surface area is 155 Å². The van der Waals surface area contributed by atoms with Crippen molar-refractivity contribution in [3.05, 3.63) is 52.4 Å². The van der Waals surface area contributed by atoms with Crippen LogP contribution in [0.4, 0.5) is 5.69 Å². The van der Waals surface area contributed by atoms with Gasteiger partial charge in [0.25, 0.3) is 5.91 Å². The molecule has 2 heterocycles. The van der Waals surface area contributed by atoms with Gasteiger partial charge in [0.05, 0.1) is 17.5 Å². The van der Waals surface area contributed by atoms with Gasteiger partial charge in [0, 0.05) is 35.6 Å². The van der Waals surface area contributed by atoms with E-state index in [1.165, 1.54) is 6.20 Å². The second-order valence-electron chi connectivity index (χ2n) is 6.10. The number of carbonyl (C=O) groups excluding carboxylic acids is 1. The van der Waals surface area contributed by atoms with E-state index in [0.717, 1.165) is 5.69 Å². The highest BCUT2D eigenvalue weighted by Crippen LogP contribution is 2.23. The molecule has 134 valence electrons. The van der Waals surface area contributed by atoms with E-state index in [0.29, 0.717) is 33.0 Å². The average Bonchev–Trinajstić information content (AvgIpc) is 3.03. The largest absolute Gasteiger partial charge is 0.388 e. The van der Waals surface area contributed by atoms with Crippen LogP contribution in [0.1, 0.15) is 35.5 Å². The summed E-state index contributed by atoms with van der Waals surface area (Å²) in [5.41, 5.74) is 3.27. The molecule has 4 N–H and O–H groups in total. The fraction of sp³-hybridized carbons (Fsp3) is 0.222. The van der Waals surface area contributed by atoms with Gasteiger partial charge in [-0.15, -0.1) is 0 Å². The molecule has 3 aromatic rings. The van der Waals surface area contributed by atoms with Crippen molar-refractivity contribution >= 4 is 40.1 Å². The molecule has 0 radical (unpaired) electrons. The maximum atomic E-state index is 12.3. The second-order valence-corrected chi connectivity index (χ2v) is 6.53.